The number of carbonyl (C=O) groups excluding carboxylic acids is 2. The molecule has 2 amide bonds. The highest BCUT2D eigenvalue weighted by Crippen LogP contribution is 2.28. The van der Waals surface area contributed by atoms with Crippen LogP contribution in [0.3, 0.4) is 0 Å². The first-order chi connectivity index (χ1) is 13.0. The maximum Gasteiger partial charge on any atom is 0.333 e. The van der Waals surface area contributed by atoms with Crippen molar-refractivity contribution in [1.29, 1.82) is 0 Å². The van der Waals surface area contributed by atoms with Crippen LogP contribution in [-0.2, 0) is 10.0 Å². The number of ketones is 1. The first-order valence-corrected chi connectivity index (χ1v) is 10.6. The zero-order valence-corrected chi connectivity index (χ0v) is 18.3. The molecule has 0 aromatic heterocycles. The third kappa shape index (κ3) is 5.11. The molecule has 2 N–H and O–H groups in total. The van der Waals surface area contributed by atoms with Crippen molar-refractivity contribution in [3.63, 3.8) is 0 Å². The van der Waals surface area contributed by atoms with E-state index in [1.165, 1.54) is 32.2 Å². The molecular weight excluding hydrogens is 448 g/mol. The number of methoxy groups -OCH3 is 1. The SMILES string of the molecule is COc1ccc(C(C)=O)cc1S(=O)(=O)NC(=O)Nc1ccc(Br)cc1C(C)C. The second kappa shape index (κ2) is 8.74. The second-order valence-corrected chi connectivity index (χ2v) is 8.93. The molecule has 0 aliphatic heterocycles. The maximum atomic E-state index is 12.7. The third-order valence-electron chi connectivity index (χ3n) is 3.97. The van der Waals surface area contributed by atoms with Crippen LogP contribution in [-0.4, -0.2) is 27.3 Å². The fourth-order valence-corrected chi connectivity index (χ4v) is 4.04. The number of anilines is 1. The zero-order chi connectivity index (χ0) is 21.1. The Hall–Kier alpha value is -2.39. The van der Waals surface area contributed by atoms with Crippen molar-refractivity contribution < 1.29 is 22.7 Å². The molecule has 0 saturated heterocycles. The molecule has 0 aliphatic rings. The Balaban J connectivity index is 2.32. The van der Waals surface area contributed by atoms with Gasteiger partial charge in [0.05, 0.1) is 7.11 Å². The molecule has 0 unspecified atom stereocenters. The summed E-state index contributed by atoms with van der Waals surface area (Å²) in [5, 5.41) is 2.56. The average Bonchev–Trinajstić information content (AvgIpc) is 2.61. The van der Waals surface area contributed by atoms with Gasteiger partial charge in [-0.1, -0.05) is 29.8 Å². The summed E-state index contributed by atoms with van der Waals surface area (Å²) in [5.74, 6) is -0.173. The van der Waals surface area contributed by atoms with Crippen molar-refractivity contribution in [3.05, 3.63) is 52.0 Å². The summed E-state index contributed by atoms with van der Waals surface area (Å²) < 4.78 is 33.3. The number of benzene rings is 2. The molecule has 0 bridgehead atoms. The van der Waals surface area contributed by atoms with Crippen LogP contribution in [0.25, 0.3) is 0 Å². The number of ether oxygens (including phenoxy) is 1. The van der Waals surface area contributed by atoms with Gasteiger partial charge in [-0.3, -0.25) is 4.79 Å². The molecule has 28 heavy (non-hydrogen) atoms. The molecule has 2 aromatic rings. The Morgan fingerprint density at radius 1 is 1.11 bits per heavy atom. The standard InChI is InChI=1S/C19H21BrN2O5S/c1-11(2)15-10-14(20)6-7-16(15)21-19(24)22-28(25,26)18-9-13(12(3)23)5-8-17(18)27-4/h5-11H,1-4H3,(H2,21,22,24). The predicted octanol–water partition coefficient (Wildman–Crippen LogP) is 4.29. The Morgan fingerprint density at radius 3 is 2.36 bits per heavy atom. The van der Waals surface area contributed by atoms with E-state index in [9.17, 15) is 18.0 Å². The van der Waals surface area contributed by atoms with Gasteiger partial charge < -0.3 is 10.1 Å². The first-order valence-electron chi connectivity index (χ1n) is 8.37. The Bertz CT molecular complexity index is 1020. The van der Waals surface area contributed by atoms with Gasteiger partial charge in [0, 0.05) is 15.7 Å². The van der Waals surface area contributed by atoms with Crippen LogP contribution in [0.15, 0.2) is 45.8 Å². The molecule has 0 fully saturated rings. The summed E-state index contributed by atoms with van der Waals surface area (Å²) in [6.45, 7) is 5.23. The number of halogens is 1. The number of nitrogens with one attached hydrogen (secondary N) is 2. The number of hydrogen-bond donors (Lipinski definition) is 2. The number of sulfonamides is 1. The number of amides is 2. The molecule has 0 aliphatic carbocycles. The van der Waals surface area contributed by atoms with Crippen LogP contribution in [0.5, 0.6) is 5.75 Å². The van der Waals surface area contributed by atoms with Crippen molar-refractivity contribution in [3.8, 4) is 5.75 Å². The lowest BCUT2D eigenvalue weighted by Crippen LogP contribution is -2.35. The first kappa shape index (κ1) is 21.9. The number of urea groups is 1. The fraction of sp³-hybridized carbons (Fsp3) is 0.263. The summed E-state index contributed by atoms with van der Waals surface area (Å²) in [6, 6.07) is 8.37. The molecule has 2 aromatic carbocycles. The summed E-state index contributed by atoms with van der Waals surface area (Å²) in [6.07, 6.45) is 0. The van der Waals surface area contributed by atoms with E-state index in [0.717, 1.165) is 10.0 Å². The van der Waals surface area contributed by atoms with E-state index in [1.54, 1.807) is 12.1 Å². The molecule has 9 heteroatoms. The normalized spacial score (nSPS) is 11.2. The van der Waals surface area contributed by atoms with Gasteiger partial charge in [-0.15, -0.1) is 0 Å². The molecule has 0 spiro atoms. The van der Waals surface area contributed by atoms with E-state index < -0.39 is 16.1 Å². The maximum absolute atomic E-state index is 12.7. The molecule has 0 heterocycles. The lowest BCUT2D eigenvalue weighted by atomic mass is 10.0. The van der Waals surface area contributed by atoms with E-state index in [4.69, 9.17) is 4.74 Å². The van der Waals surface area contributed by atoms with E-state index in [1.807, 2.05) is 24.6 Å². The molecule has 0 radical (unpaired) electrons. The van der Waals surface area contributed by atoms with Crippen molar-refractivity contribution in [2.75, 3.05) is 12.4 Å². The van der Waals surface area contributed by atoms with Crippen LogP contribution in [0, 0.1) is 0 Å². The van der Waals surface area contributed by atoms with Gasteiger partial charge in [-0.2, -0.15) is 0 Å². The Labute approximate surface area is 172 Å². The number of rotatable bonds is 6. The van der Waals surface area contributed by atoms with Gasteiger partial charge in [0.1, 0.15) is 10.6 Å². The van der Waals surface area contributed by atoms with E-state index >= 15 is 0 Å². The number of Topliss-reactive ketones (excluding diaryl/α,β-unsaturated/α-hetero) is 1. The fourth-order valence-electron chi connectivity index (χ4n) is 2.56. The molecule has 0 atom stereocenters. The molecule has 2 rings (SSSR count). The van der Waals surface area contributed by atoms with Crippen LogP contribution >= 0.6 is 15.9 Å². The molecule has 0 saturated carbocycles. The van der Waals surface area contributed by atoms with Gasteiger partial charge in [-0.25, -0.2) is 17.9 Å². The lowest BCUT2D eigenvalue weighted by molar-refractivity contribution is 0.101. The van der Waals surface area contributed by atoms with Gasteiger partial charge in [-0.05, 0) is 54.8 Å². The summed E-state index contributed by atoms with van der Waals surface area (Å²) >= 11 is 3.38. The third-order valence-corrected chi connectivity index (χ3v) is 5.82. The number of carbonyl (C=O) groups is 2. The minimum absolute atomic E-state index is 0.0248. The largest absolute Gasteiger partial charge is 0.495 e. The predicted molar refractivity (Wildman–Crippen MR) is 111 cm³/mol. The average molecular weight is 469 g/mol. The second-order valence-electron chi connectivity index (χ2n) is 6.37. The quantitative estimate of drug-likeness (QED) is 0.615. The number of hydrogen-bond acceptors (Lipinski definition) is 5. The molecule has 7 nitrogen and oxygen atoms in total. The van der Waals surface area contributed by atoms with Crippen LogP contribution in [0.1, 0.15) is 42.6 Å². The van der Waals surface area contributed by atoms with Crippen LogP contribution in [0.2, 0.25) is 0 Å². The lowest BCUT2D eigenvalue weighted by Gasteiger charge is -2.16. The summed E-state index contributed by atoms with van der Waals surface area (Å²) in [7, 11) is -2.96. The zero-order valence-electron chi connectivity index (χ0n) is 15.9. The molecule has 150 valence electrons. The van der Waals surface area contributed by atoms with Crippen molar-refractivity contribution in [1.82, 2.24) is 4.72 Å². The smallest absolute Gasteiger partial charge is 0.333 e. The highest BCUT2D eigenvalue weighted by molar-refractivity contribution is 9.10. The monoisotopic (exact) mass is 468 g/mol. The van der Waals surface area contributed by atoms with Crippen molar-refractivity contribution >= 4 is 43.5 Å². The van der Waals surface area contributed by atoms with E-state index in [2.05, 4.69) is 21.2 Å². The van der Waals surface area contributed by atoms with Gasteiger partial charge in [0.25, 0.3) is 10.0 Å². The van der Waals surface area contributed by atoms with Gasteiger partial charge >= 0.3 is 6.03 Å². The van der Waals surface area contributed by atoms with E-state index in [-0.39, 0.29) is 27.9 Å². The summed E-state index contributed by atoms with van der Waals surface area (Å²) in [5.41, 5.74) is 1.53. The van der Waals surface area contributed by atoms with Crippen LogP contribution in [0.4, 0.5) is 10.5 Å². The van der Waals surface area contributed by atoms with Crippen molar-refractivity contribution in [2.45, 2.75) is 31.6 Å². The molecular formula is C19H21BrN2O5S. The minimum Gasteiger partial charge on any atom is -0.495 e. The Kier molecular flexibility index (Phi) is 6.84. The van der Waals surface area contributed by atoms with E-state index in [0.29, 0.717) is 5.69 Å². The Morgan fingerprint density at radius 2 is 1.79 bits per heavy atom. The van der Waals surface area contributed by atoms with Crippen molar-refractivity contribution in [2.24, 2.45) is 0 Å². The highest BCUT2D eigenvalue weighted by Gasteiger charge is 2.24. The minimum atomic E-state index is -4.27. The summed E-state index contributed by atoms with van der Waals surface area (Å²) in [4.78, 5) is 23.6. The van der Waals surface area contributed by atoms with Crippen LogP contribution < -0.4 is 14.8 Å². The topological polar surface area (TPSA) is 102 Å². The van der Waals surface area contributed by atoms with Gasteiger partial charge in [0.2, 0.25) is 0 Å². The highest BCUT2D eigenvalue weighted by atomic mass is 79.9. The van der Waals surface area contributed by atoms with Gasteiger partial charge in [0.15, 0.2) is 5.78 Å².